The molecule has 0 aliphatic heterocycles. The molecule has 1 aliphatic rings. The van der Waals surface area contributed by atoms with Crippen LogP contribution in [0.1, 0.15) is 24.0 Å². The maximum atomic E-state index is 12.4. The number of nitrogens with zero attached hydrogens (tertiary/aromatic N) is 1. The lowest BCUT2D eigenvalue weighted by atomic mass is 10.2. The monoisotopic (exact) mass is 354 g/mol. The van der Waals surface area contributed by atoms with E-state index >= 15 is 0 Å². The number of amides is 1. The van der Waals surface area contributed by atoms with Crippen molar-refractivity contribution in [2.75, 3.05) is 20.8 Å². The van der Waals surface area contributed by atoms with E-state index in [4.69, 9.17) is 9.47 Å². The first-order valence-corrected chi connectivity index (χ1v) is 8.95. The topological polar surface area (TPSA) is 50.8 Å². The van der Waals surface area contributed by atoms with Gasteiger partial charge in [-0.15, -0.1) is 0 Å². The summed E-state index contributed by atoms with van der Waals surface area (Å²) in [6, 6.07) is 16.3. The molecule has 0 saturated heterocycles. The van der Waals surface area contributed by atoms with Gasteiger partial charge in [-0.2, -0.15) is 0 Å². The van der Waals surface area contributed by atoms with E-state index in [-0.39, 0.29) is 5.91 Å². The molecule has 0 bridgehead atoms. The molecule has 3 rings (SSSR count). The second kappa shape index (κ2) is 8.72. The van der Waals surface area contributed by atoms with Gasteiger partial charge in [0.15, 0.2) is 0 Å². The Morgan fingerprint density at radius 2 is 1.81 bits per heavy atom. The number of nitrogens with one attached hydrogen (secondary N) is 1. The minimum atomic E-state index is 0.0383. The molecule has 1 N–H and O–H groups in total. The molecule has 2 aromatic carbocycles. The van der Waals surface area contributed by atoms with Crippen LogP contribution in [0.15, 0.2) is 48.5 Å². The number of hydrogen-bond donors (Lipinski definition) is 1. The Labute approximate surface area is 154 Å². The molecule has 2 aromatic rings. The molecule has 5 nitrogen and oxygen atoms in total. The molecule has 0 spiro atoms. The fourth-order valence-electron chi connectivity index (χ4n) is 3.00. The zero-order chi connectivity index (χ0) is 18.4. The summed E-state index contributed by atoms with van der Waals surface area (Å²) < 4.78 is 10.5. The predicted molar refractivity (Wildman–Crippen MR) is 101 cm³/mol. The highest BCUT2D eigenvalue weighted by Crippen LogP contribution is 2.28. The van der Waals surface area contributed by atoms with Crippen LogP contribution in [-0.2, 0) is 17.9 Å². The minimum absolute atomic E-state index is 0.0383. The van der Waals surface area contributed by atoms with Crippen LogP contribution in [-0.4, -0.2) is 37.6 Å². The summed E-state index contributed by atoms with van der Waals surface area (Å²) in [4.78, 5) is 14.7. The first kappa shape index (κ1) is 18.3. The lowest BCUT2D eigenvalue weighted by molar-refractivity contribution is -0.122. The van der Waals surface area contributed by atoms with Gasteiger partial charge in [0, 0.05) is 24.7 Å². The quantitative estimate of drug-likeness (QED) is 0.752. The van der Waals surface area contributed by atoms with Gasteiger partial charge in [-0.3, -0.25) is 9.69 Å². The van der Waals surface area contributed by atoms with E-state index < -0.39 is 0 Å². The van der Waals surface area contributed by atoms with Crippen molar-refractivity contribution in [2.24, 2.45) is 0 Å². The van der Waals surface area contributed by atoms with Crippen LogP contribution in [0.2, 0.25) is 0 Å². The Morgan fingerprint density at radius 3 is 2.46 bits per heavy atom. The maximum Gasteiger partial charge on any atom is 0.234 e. The van der Waals surface area contributed by atoms with E-state index in [2.05, 4.69) is 22.3 Å². The van der Waals surface area contributed by atoms with Gasteiger partial charge in [0.1, 0.15) is 11.5 Å². The third kappa shape index (κ3) is 4.99. The summed E-state index contributed by atoms with van der Waals surface area (Å²) in [5.41, 5.74) is 2.17. The fraction of sp³-hybridized carbons (Fsp3) is 0.381. The number of benzene rings is 2. The molecule has 0 radical (unpaired) electrons. The van der Waals surface area contributed by atoms with Crippen LogP contribution in [0.25, 0.3) is 0 Å². The van der Waals surface area contributed by atoms with Crippen molar-refractivity contribution in [1.29, 1.82) is 0 Å². The van der Waals surface area contributed by atoms with Crippen LogP contribution in [0.5, 0.6) is 11.5 Å². The van der Waals surface area contributed by atoms with Gasteiger partial charge < -0.3 is 14.8 Å². The zero-order valence-corrected chi connectivity index (χ0v) is 15.4. The first-order chi connectivity index (χ1) is 12.7. The summed E-state index contributed by atoms with van der Waals surface area (Å²) in [6.07, 6.45) is 2.33. The molecule has 0 unspecified atom stereocenters. The largest absolute Gasteiger partial charge is 0.497 e. The number of methoxy groups -OCH3 is 2. The molecule has 26 heavy (non-hydrogen) atoms. The van der Waals surface area contributed by atoms with E-state index in [1.165, 1.54) is 5.56 Å². The van der Waals surface area contributed by atoms with E-state index in [0.29, 0.717) is 19.1 Å². The lowest BCUT2D eigenvalue weighted by Gasteiger charge is -2.22. The Morgan fingerprint density at radius 1 is 1.08 bits per heavy atom. The van der Waals surface area contributed by atoms with Crippen molar-refractivity contribution in [1.82, 2.24) is 10.2 Å². The second-order valence-electron chi connectivity index (χ2n) is 6.57. The summed E-state index contributed by atoms with van der Waals surface area (Å²) in [6.45, 7) is 1.66. The van der Waals surface area contributed by atoms with Gasteiger partial charge in [-0.25, -0.2) is 0 Å². The maximum absolute atomic E-state index is 12.4. The van der Waals surface area contributed by atoms with Gasteiger partial charge in [-0.1, -0.05) is 30.3 Å². The third-order valence-electron chi connectivity index (χ3n) is 4.62. The van der Waals surface area contributed by atoms with E-state index in [9.17, 15) is 4.79 Å². The second-order valence-corrected chi connectivity index (χ2v) is 6.57. The molecule has 5 heteroatoms. The molecular formula is C21H26N2O3. The van der Waals surface area contributed by atoms with E-state index in [0.717, 1.165) is 36.4 Å². The van der Waals surface area contributed by atoms with Crippen LogP contribution in [0.3, 0.4) is 0 Å². The molecule has 0 aromatic heterocycles. The van der Waals surface area contributed by atoms with Crippen LogP contribution in [0.4, 0.5) is 0 Å². The molecule has 1 aliphatic carbocycles. The summed E-state index contributed by atoms with van der Waals surface area (Å²) in [5.74, 6) is 1.68. The summed E-state index contributed by atoms with van der Waals surface area (Å²) >= 11 is 0. The number of para-hydroxylation sites is 1. The molecule has 1 fully saturated rings. The fourth-order valence-corrected chi connectivity index (χ4v) is 3.00. The molecular weight excluding hydrogens is 328 g/mol. The molecule has 138 valence electrons. The molecule has 1 amide bonds. The van der Waals surface area contributed by atoms with Crippen LogP contribution < -0.4 is 14.8 Å². The number of rotatable bonds is 9. The first-order valence-electron chi connectivity index (χ1n) is 8.95. The van der Waals surface area contributed by atoms with Crippen LogP contribution >= 0.6 is 0 Å². The van der Waals surface area contributed by atoms with Gasteiger partial charge in [0.25, 0.3) is 0 Å². The zero-order valence-electron chi connectivity index (χ0n) is 15.4. The van der Waals surface area contributed by atoms with Crippen molar-refractivity contribution >= 4 is 5.91 Å². The van der Waals surface area contributed by atoms with Gasteiger partial charge in [-0.05, 0) is 36.6 Å². The van der Waals surface area contributed by atoms with Crippen LogP contribution in [0, 0.1) is 0 Å². The van der Waals surface area contributed by atoms with Crippen molar-refractivity contribution in [3.05, 3.63) is 59.7 Å². The number of ether oxygens (including phenoxy) is 2. The van der Waals surface area contributed by atoms with E-state index in [1.807, 2.05) is 36.4 Å². The van der Waals surface area contributed by atoms with Gasteiger partial charge >= 0.3 is 0 Å². The predicted octanol–water partition coefficient (Wildman–Crippen LogP) is 2.98. The lowest BCUT2D eigenvalue weighted by Crippen LogP contribution is -2.37. The molecule has 0 heterocycles. The smallest absolute Gasteiger partial charge is 0.234 e. The SMILES string of the molecule is COc1ccc(CN(CC(=O)NCc2ccccc2OC)C2CC2)cc1. The highest BCUT2D eigenvalue weighted by atomic mass is 16.5. The van der Waals surface area contributed by atoms with Gasteiger partial charge in [0.05, 0.1) is 20.8 Å². The summed E-state index contributed by atoms with van der Waals surface area (Å²) in [7, 11) is 3.31. The standard InChI is InChI=1S/C21H26N2O3/c1-25-19-11-7-16(8-12-19)14-23(18-9-10-18)15-21(24)22-13-17-5-3-4-6-20(17)26-2/h3-8,11-12,18H,9-10,13-15H2,1-2H3,(H,22,24). The van der Waals surface area contributed by atoms with Crippen molar-refractivity contribution in [2.45, 2.75) is 32.0 Å². The highest BCUT2D eigenvalue weighted by Gasteiger charge is 2.30. The minimum Gasteiger partial charge on any atom is -0.497 e. The Hall–Kier alpha value is -2.53. The van der Waals surface area contributed by atoms with Crippen molar-refractivity contribution in [3.8, 4) is 11.5 Å². The third-order valence-corrected chi connectivity index (χ3v) is 4.62. The molecule has 1 saturated carbocycles. The van der Waals surface area contributed by atoms with Crippen molar-refractivity contribution in [3.63, 3.8) is 0 Å². The normalized spacial score (nSPS) is 13.5. The van der Waals surface area contributed by atoms with Crippen molar-refractivity contribution < 1.29 is 14.3 Å². The average molecular weight is 354 g/mol. The van der Waals surface area contributed by atoms with Gasteiger partial charge in [0.2, 0.25) is 5.91 Å². The Balaban J connectivity index is 1.54. The Bertz CT molecular complexity index is 726. The average Bonchev–Trinajstić information content (AvgIpc) is 3.52. The molecule has 0 atom stereocenters. The van der Waals surface area contributed by atoms with E-state index in [1.54, 1.807) is 14.2 Å². The highest BCUT2D eigenvalue weighted by molar-refractivity contribution is 5.78. The number of carbonyl (C=O) groups is 1. The number of carbonyl (C=O) groups excluding carboxylic acids is 1. The number of hydrogen-bond acceptors (Lipinski definition) is 4. The summed E-state index contributed by atoms with van der Waals surface area (Å²) in [5, 5.41) is 3.01. The Kier molecular flexibility index (Phi) is 6.12.